The molecule has 6 aromatic rings. The molecule has 6 rings (SSSR count). The molecular weight excluding hydrogens is 593 g/mol. The number of aromatic nitrogens is 2. The molecule has 1 amide bonds. The Balaban J connectivity index is 1.40. The van der Waals surface area contributed by atoms with Crippen molar-refractivity contribution in [3.63, 3.8) is 0 Å². The Labute approximate surface area is 251 Å². The molecule has 0 aliphatic heterocycles. The number of nitro groups is 1. The summed E-state index contributed by atoms with van der Waals surface area (Å²) in [5, 5.41) is 20.1. The highest BCUT2D eigenvalue weighted by molar-refractivity contribution is 6.31. The van der Waals surface area contributed by atoms with E-state index in [0.29, 0.717) is 21.5 Å². The van der Waals surface area contributed by atoms with Gasteiger partial charge in [0.05, 0.1) is 22.0 Å². The van der Waals surface area contributed by atoms with Gasteiger partial charge in [0.1, 0.15) is 11.4 Å². The maximum atomic E-state index is 13.6. The Morgan fingerprint density at radius 1 is 1.09 bits per heavy atom. The summed E-state index contributed by atoms with van der Waals surface area (Å²) in [6.07, 6.45) is 1.19. The van der Waals surface area contributed by atoms with E-state index in [1.165, 1.54) is 42.6 Å². The molecule has 0 atom stereocenters. The fraction of sp³-hybridized carbons (Fsp3) is 0.0323. The number of rotatable bonds is 8. The predicted molar refractivity (Wildman–Crippen MR) is 163 cm³/mol. The normalized spacial score (nSPS) is 11.3. The number of halogens is 2. The predicted octanol–water partition coefficient (Wildman–Crippen LogP) is 6.41. The Morgan fingerprint density at radius 2 is 1.91 bits per heavy atom. The Bertz CT molecular complexity index is 2180. The van der Waals surface area contributed by atoms with Crippen LogP contribution in [-0.4, -0.2) is 33.3 Å². The fourth-order valence-corrected chi connectivity index (χ4v) is 4.66. The summed E-state index contributed by atoms with van der Waals surface area (Å²) in [7, 11) is 0. The molecule has 44 heavy (non-hydrogen) atoms. The molecule has 0 radical (unpaired) electrons. The maximum absolute atomic E-state index is 13.6. The van der Waals surface area contributed by atoms with Gasteiger partial charge in [0.2, 0.25) is 11.6 Å². The molecule has 2 aromatic heterocycles. The van der Waals surface area contributed by atoms with Crippen LogP contribution in [0.3, 0.4) is 0 Å². The maximum Gasteiger partial charge on any atom is 0.311 e. The van der Waals surface area contributed by atoms with Crippen LogP contribution in [0.2, 0.25) is 5.02 Å². The Hall–Kier alpha value is -5.88. The molecule has 4 aromatic carbocycles. The van der Waals surface area contributed by atoms with Gasteiger partial charge in [-0.1, -0.05) is 35.9 Å². The second-order valence-corrected chi connectivity index (χ2v) is 9.84. The molecule has 0 unspecified atom stereocenters. The van der Waals surface area contributed by atoms with Crippen LogP contribution in [0.1, 0.15) is 5.56 Å². The van der Waals surface area contributed by atoms with Crippen LogP contribution in [0, 0.1) is 15.9 Å². The lowest BCUT2D eigenvalue weighted by Gasteiger charge is -2.11. The zero-order valence-corrected chi connectivity index (χ0v) is 23.2. The van der Waals surface area contributed by atoms with Crippen molar-refractivity contribution >= 4 is 57.0 Å². The van der Waals surface area contributed by atoms with E-state index in [0.717, 1.165) is 10.7 Å². The van der Waals surface area contributed by atoms with Crippen molar-refractivity contribution < 1.29 is 23.3 Å². The van der Waals surface area contributed by atoms with Crippen LogP contribution in [0.4, 0.5) is 15.8 Å². The molecule has 0 spiro atoms. The molecule has 0 aliphatic carbocycles. The Kier molecular flexibility index (Phi) is 7.56. The van der Waals surface area contributed by atoms with E-state index in [1.54, 1.807) is 48.5 Å². The van der Waals surface area contributed by atoms with Crippen molar-refractivity contribution in [3.05, 3.63) is 128 Å². The molecule has 0 saturated carbocycles. The third-order valence-corrected chi connectivity index (χ3v) is 6.68. The number of benzene rings is 4. The fourth-order valence-electron chi connectivity index (χ4n) is 4.48. The molecule has 13 heteroatoms. The molecule has 2 heterocycles. The summed E-state index contributed by atoms with van der Waals surface area (Å²) in [4.78, 5) is 41.9. The number of amides is 1. The number of nitrogens with one attached hydrogen (secondary N) is 1. The number of hydrogen-bond donors (Lipinski definition) is 1. The van der Waals surface area contributed by atoms with Gasteiger partial charge in [0, 0.05) is 27.7 Å². The van der Waals surface area contributed by atoms with E-state index < -0.39 is 34.5 Å². The summed E-state index contributed by atoms with van der Waals surface area (Å²) in [5.74, 6) is -1.20. The van der Waals surface area contributed by atoms with E-state index in [9.17, 15) is 24.1 Å². The van der Waals surface area contributed by atoms with E-state index in [2.05, 4.69) is 15.4 Å². The number of anilines is 1. The van der Waals surface area contributed by atoms with Gasteiger partial charge in [0.25, 0.3) is 11.5 Å². The highest BCUT2D eigenvalue weighted by Crippen LogP contribution is 2.31. The molecule has 11 nitrogen and oxygen atoms in total. The van der Waals surface area contributed by atoms with Crippen LogP contribution in [-0.2, 0) is 4.79 Å². The van der Waals surface area contributed by atoms with Gasteiger partial charge in [-0.05, 0) is 60.7 Å². The van der Waals surface area contributed by atoms with Gasteiger partial charge in [-0.25, -0.2) is 9.37 Å². The van der Waals surface area contributed by atoms with Crippen molar-refractivity contribution in [2.45, 2.75) is 0 Å². The number of nitro benzene ring substituents is 1. The Morgan fingerprint density at radius 3 is 2.73 bits per heavy atom. The lowest BCUT2D eigenvalue weighted by atomic mass is 10.2. The first-order valence-corrected chi connectivity index (χ1v) is 13.4. The summed E-state index contributed by atoms with van der Waals surface area (Å²) in [6.45, 7) is -0.632. The summed E-state index contributed by atoms with van der Waals surface area (Å²) >= 11 is 6.13. The number of ether oxygens (including phenoxy) is 1. The molecule has 0 bridgehead atoms. The second kappa shape index (κ2) is 11.8. The molecule has 0 saturated heterocycles. The molecule has 218 valence electrons. The number of carbonyl (C=O) groups excluding carboxylic acids is 1. The first-order chi connectivity index (χ1) is 21.3. The monoisotopic (exact) mass is 611 g/mol. The van der Waals surface area contributed by atoms with Crippen LogP contribution in [0.25, 0.3) is 33.5 Å². The number of para-hydroxylation sites is 2. The van der Waals surface area contributed by atoms with Crippen molar-refractivity contribution in [1.29, 1.82) is 0 Å². The van der Waals surface area contributed by atoms with E-state index in [-0.39, 0.29) is 34.0 Å². The summed E-state index contributed by atoms with van der Waals surface area (Å²) in [5.41, 5.74) is 0.231. The van der Waals surface area contributed by atoms with Crippen molar-refractivity contribution in [3.8, 4) is 17.3 Å². The van der Waals surface area contributed by atoms with Crippen molar-refractivity contribution in [1.82, 2.24) is 9.66 Å². The number of nitrogens with zero attached hydrogens (tertiary/aromatic N) is 4. The van der Waals surface area contributed by atoms with Gasteiger partial charge in [-0.2, -0.15) is 9.78 Å². The second-order valence-electron chi connectivity index (χ2n) is 9.41. The minimum absolute atomic E-state index is 0.0691. The first-order valence-electron chi connectivity index (χ1n) is 13.0. The molecule has 0 fully saturated rings. The summed E-state index contributed by atoms with van der Waals surface area (Å²) < 4.78 is 26.1. The van der Waals surface area contributed by atoms with E-state index in [4.69, 9.17) is 20.8 Å². The van der Waals surface area contributed by atoms with Crippen LogP contribution in [0.15, 0.2) is 105 Å². The van der Waals surface area contributed by atoms with Crippen molar-refractivity contribution in [2.75, 3.05) is 11.9 Å². The van der Waals surface area contributed by atoms with Crippen LogP contribution >= 0.6 is 11.6 Å². The number of carbonyl (C=O) groups is 1. The van der Waals surface area contributed by atoms with Crippen molar-refractivity contribution in [2.24, 2.45) is 5.10 Å². The third kappa shape index (κ3) is 5.74. The topological polar surface area (TPSA) is 142 Å². The minimum Gasteiger partial charge on any atom is -0.476 e. The zero-order chi connectivity index (χ0) is 30.8. The van der Waals surface area contributed by atoms with Gasteiger partial charge in [-0.15, -0.1) is 0 Å². The number of hydrogen-bond acceptors (Lipinski definition) is 8. The van der Waals surface area contributed by atoms with E-state index in [1.807, 2.05) is 0 Å². The smallest absolute Gasteiger partial charge is 0.311 e. The first kappa shape index (κ1) is 28.2. The molecule has 1 N–H and O–H groups in total. The lowest BCUT2D eigenvalue weighted by molar-refractivity contribution is -0.385. The minimum atomic E-state index is -0.682. The van der Waals surface area contributed by atoms with Gasteiger partial charge in [-0.3, -0.25) is 19.7 Å². The quantitative estimate of drug-likeness (QED) is 0.119. The largest absolute Gasteiger partial charge is 0.476 e. The van der Waals surface area contributed by atoms with E-state index >= 15 is 0 Å². The zero-order valence-electron chi connectivity index (χ0n) is 22.4. The number of fused-ring (bicyclic) bond motifs is 2. The number of furan rings is 1. The third-order valence-electron chi connectivity index (χ3n) is 6.44. The summed E-state index contributed by atoms with van der Waals surface area (Å²) in [6, 6.07) is 22.7. The van der Waals surface area contributed by atoms with Gasteiger partial charge in [0.15, 0.2) is 12.4 Å². The SMILES string of the molecule is O=C(COc1c(C=Nn2c(-c3cc4cc(Cl)ccc4o3)nc3ccccc3c2=O)cccc1[N+](=O)[O-])Nc1cccc(F)c1. The average Bonchev–Trinajstić information content (AvgIpc) is 3.42. The average molecular weight is 612 g/mol. The highest BCUT2D eigenvalue weighted by atomic mass is 35.5. The molecule has 0 aliphatic rings. The highest BCUT2D eigenvalue weighted by Gasteiger charge is 2.21. The van der Waals surface area contributed by atoms with Crippen LogP contribution < -0.4 is 15.6 Å². The van der Waals surface area contributed by atoms with Gasteiger partial charge < -0.3 is 14.5 Å². The van der Waals surface area contributed by atoms with Crippen LogP contribution in [0.5, 0.6) is 5.75 Å². The molecular formula is C31H19ClFN5O6. The standard InChI is InChI=1S/C31H19ClFN5O6/c32-20-11-12-26-19(13-20)14-27(44-26)30-36-24-9-2-1-8-23(24)31(40)37(30)34-16-18-5-3-10-25(38(41)42)29(18)43-17-28(39)35-22-7-4-6-21(33)15-22/h1-16H,17H2,(H,35,39). The van der Waals surface area contributed by atoms with Gasteiger partial charge >= 0.3 is 5.69 Å². The lowest BCUT2D eigenvalue weighted by Crippen LogP contribution is -2.21.